The van der Waals surface area contributed by atoms with Crippen molar-refractivity contribution in [3.63, 3.8) is 0 Å². The number of rotatable bonds is 4. The number of nitrogens with two attached hydrogens (primary N) is 1. The summed E-state index contributed by atoms with van der Waals surface area (Å²) in [7, 11) is 0. The lowest BCUT2D eigenvalue weighted by Crippen LogP contribution is -2.51. The molecule has 1 amide bonds. The molecule has 2 fully saturated rings. The number of anilines is 1. The van der Waals surface area contributed by atoms with Gasteiger partial charge in [0.15, 0.2) is 0 Å². The van der Waals surface area contributed by atoms with Gasteiger partial charge in [0.1, 0.15) is 11.6 Å². The molecule has 27 heavy (non-hydrogen) atoms. The number of ether oxygens (including phenoxy) is 1. The Morgan fingerprint density at radius 1 is 1.11 bits per heavy atom. The summed E-state index contributed by atoms with van der Waals surface area (Å²) in [5.74, 6) is -4.61. The zero-order valence-corrected chi connectivity index (χ0v) is 14.2. The van der Waals surface area contributed by atoms with E-state index in [-0.39, 0.29) is 6.42 Å². The molecule has 2 saturated carbocycles. The first-order valence-electron chi connectivity index (χ1n) is 8.53. The van der Waals surface area contributed by atoms with E-state index in [2.05, 4.69) is 5.32 Å². The number of amides is 1. The molecule has 0 aromatic heterocycles. The topological polar surface area (TPSA) is 139 Å². The molecule has 8 heteroatoms. The van der Waals surface area contributed by atoms with Gasteiger partial charge in [-0.15, -0.1) is 0 Å². The average Bonchev–Trinajstić information content (AvgIpc) is 3.31. The zero-order chi connectivity index (χ0) is 19.3. The first kappa shape index (κ1) is 17.3. The largest absolute Gasteiger partial charge is 0.481 e. The lowest BCUT2D eigenvalue weighted by molar-refractivity contribution is -0.146. The van der Waals surface area contributed by atoms with E-state index in [1.165, 1.54) is 0 Å². The number of nitrogens with one attached hydrogen (secondary N) is 1. The third-order valence-electron chi connectivity index (χ3n) is 5.58. The first-order chi connectivity index (χ1) is 12.8. The van der Waals surface area contributed by atoms with Crippen molar-refractivity contribution in [2.45, 2.75) is 18.1 Å². The SMILES string of the molecule is N[C@]1(C(=O)O)C[C@@H](OC(=O)Nc2ccc3ccccc3c2)[C@@H]2[C@@H](C(=O)O)[C@H]21. The van der Waals surface area contributed by atoms with Crippen molar-refractivity contribution in [1.29, 1.82) is 0 Å². The number of carboxylic acid groups (broad SMARTS) is 2. The number of hydrogen-bond acceptors (Lipinski definition) is 5. The van der Waals surface area contributed by atoms with Gasteiger partial charge >= 0.3 is 18.0 Å². The quantitative estimate of drug-likeness (QED) is 0.644. The third-order valence-corrected chi connectivity index (χ3v) is 5.58. The van der Waals surface area contributed by atoms with Crippen LogP contribution in [0.2, 0.25) is 0 Å². The van der Waals surface area contributed by atoms with Crippen LogP contribution >= 0.6 is 0 Å². The molecule has 2 aromatic carbocycles. The molecular formula is C19H18N2O6. The van der Waals surface area contributed by atoms with Crippen LogP contribution in [0.5, 0.6) is 0 Å². The molecule has 0 bridgehead atoms. The molecule has 2 aliphatic rings. The first-order valence-corrected chi connectivity index (χ1v) is 8.53. The molecule has 0 aliphatic heterocycles. The lowest BCUT2D eigenvalue weighted by atomic mass is 9.91. The van der Waals surface area contributed by atoms with E-state index in [0.29, 0.717) is 5.69 Å². The van der Waals surface area contributed by atoms with Crippen molar-refractivity contribution in [2.75, 3.05) is 5.32 Å². The molecule has 0 radical (unpaired) electrons. The van der Waals surface area contributed by atoms with Gasteiger partial charge in [-0.2, -0.15) is 0 Å². The lowest BCUT2D eigenvalue weighted by Gasteiger charge is -2.24. The summed E-state index contributed by atoms with van der Waals surface area (Å²) >= 11 is 0. The molecule has 2 aromatic rings. The Bertz CT molecular complexity index is 960. The van der Waals surface area contributed by atoms with Crippen LogP contribution < -0.4 is 11.1 Å². The van der Waals surface area contributed by atoms with Crippen LogP contribution in [0.1, 0.15) is 6.42 Å². The number of carbonyl (C=O) groups excluding carboxylic acids is 1. The molecule has 140 valence electrons. The van der Waals surface area contributed by atoms with Crippen LogP contribution in [0.4, 0.5) is 10.5 Å². The Balaban J connectivity index is 1.47. The summed E-state index contributed by atoms with van der Waals surface area (Å²) < 4.78 is 5.35. The predicted molar refractivity (Wildman–Crippen MR) is 95.1 cm³/mol. The second-order valence-electron chi connectivity index (χ2n) is 7.15. The number of carboxylic acids is 2. The van der Waals surface area contributed by atoms with E-state index in [1.807, 2.05) is 30.3 Å². The van der Waals surface area contributed by atoms with Gasteiger partial charge in [0.2, 0.25) is 0 Å². The van der Waals surface area contributed by atoms with Gasteiger partial charge in [0.25, 0.3) is 0 Å². The number of benzene rings is 2. The van der Waals surface area contributed by atoms with Gasteiger partial charge in [0.05, 0.1) is 5.92 Å². The molecule has 0 unspecified atom stereocenters. The normalized spacial score (nSPS) is 31.1. The van der Waals surface area contributed by atoms with Gasteiger partial charge < -0.3 is 20.7 Å². The van der Waals surface area contributed by atoms with Gasteiger partial charge in [-0.1, -0.05) is 30.3 Å². The fourth-order valence-corrected chi connectivity index (χ4v) is 4.29. The summed E-state index contributed by atoms with van der Waals surface area (Å²) in [6, 6.07) is 13.0. The minimum Gasteiger partial charge on any atom is -0.481 e. The second kappa shape index (κ2) is 5.95. The molecule has 0 spiro atoms. The average molecular weight is 370 g/mol. The van der Waals surface area contributed by atoms with Gasteiger partial charge in [-0.25, -0.2) is 4.79 Å². The Morgan fingerprint density at radius 2 is 1.81 bits per heavy atom. The van der Waals surface area contributed by atoms with Gasteiger partial charge in [-0.05, 0) is 22.9 Å². The van der Waals surface area contributed by atoms with E-state index >= 15 is 0 Å². The van der Waals surface area contributed by atoms with Crippen molar-refractivity contribution >= 4 is 34.5 Å². The molecule has 2 aliphatic carbocycles. The summed E-state index contributed by atoms with van der Waals surface area (Å²) in [6.45, 7) is 0. The zero-order valence-electron chi connectivity index (χ0n) is 14.2. The summed E-state index contributed by atoms with van der Waals surface area (Å²) in [5.41, 5.74) is 4.75. The molecule has 0 heterocycles. The molecule has 8 nitrogen and oxygen atoms in total. The van der Waals surface area contributed by atoms with E-state index in [4.69, 9.17) is 10.5 Å². The van der Waals surface area contributed by atoms with Crippen LogP contribution in [-0.2, 0) is 14.3 Å². The highest BCUT2D eigenvalue weighted by atomic mass is 16.6. The van der Waals surface area contributed by atoms with Crippen LogP contribution in [0.15, 0.2) is 42.5 Å². The van der Waals surface area contributed by atoms with Gasteiger partial charge in [0, 0.05) is 23.9 Å². The number of aliphatic carboxylic acids is 2. The Labute approximate surface area is 153 Å². The maximum absolute atomic E-state index is 12.3. The Morgan fingerprint density at radius 3 is 2.48 bits per heavy atom. The Hall–Kier alpha value is -3.13. The summed E-state index contributed by atoms with van der Waals surface area (Å²) in [4.78, 5) is 35.1. The van der Waals surface area contributed by atoms with Crippen molar-refractivity contribution in [1.82, 2.24) is 0 Å². The molecule has 5 atom stereocenters. The van der Waals surface area contributed by atoms with E-state index in [0.717, 1.165) is 10.8 Å². The van der Waals surface area contributed by atoms with Crippen molar-refractivity contribution in [3.8, 4) is 0 Å². The molecule has 4 rings (SSSR count). The highest BCUT2D eigenvalue weighted by Gasteiger charge is 2.75. The maximum Gasteiger partial charge on any atom is 0.411 e. The fraction of sp³-hybridized carbons (Fsp3) is 0.316. The van der Waals surface area contributed by atoms with Crippen LogP contribution in [0.3, 0.4) is 0 Å². The highest BCUT2D eigenvalue weighted by Crippen LogP contribution is 2.62. The number of fused-ring (bicyclic) bond motifs is 2. The fourth-order valence-electron chi connectivity index (χ4n) is 4.29. The minimum atomic E-state index is -1.69. The third kappa shape index (κ3) is 2.78. The van der Waals surface area contributed by atoms with Crippen LogP contribution in [0.25, 0.3) is 10.8 Å². The van der Waals surface area contributed by atoms with E-state index < -0.39 is 47.4 Å². The highest BCUT2D eigenvalue weighted by molar-refractivity contribution is 5.91. The smallest absolute Gasteiger partial charge is 0.411 e. The van der Waals surface area contributed by atoms with Crippen LogP contribution in [-0.4, -0.2) is 39.9 Å². The van der Waals surface area contributed by atoms with Crippen molar-refractivity contribution in [2.24, 2.45) is 23.5 Å². The van der Waals surface area contributed by atoms with Gasteiger partial charge in [-0.3, -0.25) is 14.9 Å². The standard InChI is InChI=1S/C19H18N2O6/c20-19(17(24)25)8-12(13-14(15(13)19)16(22)23)27-18(26)21-11-6-5-9-3-1-2-4-10(9)7-11/h1-7,12-15H,8,20H2,(H,21,26)(H,22,23)(H,24,25)/t12-,13-,14-,15+,19-/m1/s1. The monoisotopic (exact) mass is 370 g/mol. The summed E-state index contributed by atoms with van der Waals surface area (Å²) in [6.07, 6.45) is -1.72. The predicted octanol–water partition coefficient (Wildman–Crippen LogP) is 1.89. The molecular weight excluding hydrogens is 352 g/mol. The van der Waals surface area contributed by atoms with E-state index in [1.54, 1.807) is 12.1 Å². The van der Waals surface area contributed by atoms with Crippen molar-refractivity contribution < 1.29 is 29.3 Å². The maximum atomic E-state index is 12.3. The molecule has 0 saturated heterocycles. The van der Waals surface area contributed by atoms with E-state index in [9.17, 15) is 24.6 Å². The second-order valence-corrected chi connectivity index (χ2v) is 7.15. The van der Waals surface area contributed by atoms with Crippen LogP contribution in [0, 0.1) is 17.8 Å². The summed E-state index contributed by atoms with van der Waals surface area (Å²) in [5, 5.41) is 23.2. The number of hydrogen-bond donors (Lipinski definition) is 4. The molecule has 5 N–H and O–H groups in total. The number of carbonyl (C=O) groups is 3. The minimum absolute atomic E-state index is 0.105. The van der Waals surface area contributed by atoms with Crippen molar-refractivity contribution in [3.05, 3.63) is 42.5 Å². The Kier molecular flexibility index (Phi) is 3.81.